The first kappa shape index (κ1) is 11.0. The Bertz CT molecular complexity index is 339. The zero-order chi connectivity index (χ0) is 10.6. The van der Waals surface area contributed by atoms with Crippen molar-refractivity contribution in [1.29, 1.82) is 0 Å². The summed E-state index contributed by atoms with van der Waals surface area (Å²) in [6, 6.07) is 5.27. The summed E-state index contributed by atoms with van der Waals surface area (Å²) in [6.07, 6.45) is 0. The van der Waals surface area contributed by atoms with Gasteiger partial charge in [-0.2, -0.15) is 0 Å². The maximum absolute atomic E-state index is 11.5. The molecule has 0 heterocycles. The number of halogens is 1. The SMILES string of the molecule is CCNC(=O)c1cc(Br)cc(OC)c1. The van der Waals surface area contributed by atoms with Gasteiger partial charge in [-0.1, -0.05) is 15.9 Å². The molecule has 0 atom stereocenters. The van der Waals surface area contributed by atoms with E-state index in [2.05, 4.69) is 21.2 Å². The van der Waals surface area contributed by atoms with Crippen LogP contribution in [0.1, 0.15) is 17.3 Å². The lowest BCUT2D eigenvalue weighted by Gasteiger charge is -2.05. The lowest BCUT2D eigenvalue weighted by atomic mass is 10.2. The molecule has 0 spiro atoms. The molecule has 1 aromatic carbocycles. The number of hydrogen-bond donors (Lipinski definition) is 1. The molecule has 76 valence electrons. The number of rotatable bonds is 3. The second-order valence-corrected chi connectivity index (χ2v) is 3.65. The van der Waals surface area contributed by atoms with Gasteiger partial charge in [0.1, 0.15) is 5.75 Å². The molecule has 0 fully saturated rings. The summed E-state index contributed by atoms with van der Waals surface area (Å²) in [6.45, 7) is 2.50. The molecule has 0 aliphatic carbocycles. The highest BCUT2D eigenvalue weighted by Crippen LogP contribution is 2.20. The number of ether oxygens (including phenoxy) is 1. The van der Waals surface area contributed by atoms with Crippen molar-refractivity contribution >= 4 is 21.8 Å². The number of benzene rings is 1. The predicted molar refractivity (Wildman–Crippen MR) is 58.7 cm³/mol. The van der Waals surface area contributed by atoms with E-state index >= 15 is 0 Å². The van der Waals surface area contributed by atoms with Crippen LogP contribution in [0.4, 0.5) is 0 Å². The second-order valence-electron chi connectivity index (χ2n) is 2.74. The Morgan fingerprint density at radius 3 is 2.79 bits per heavy atom. The average molecular weight is 258 g/mol. The van der Waals surface area contributed by atoms with Gasteiger partial charge in [0.25, 0.3) is 5.91 Å². The Labute approximate surface area is 91.6 Å². The number of hydrogen-bond acceptors (Lipinski definition) is 2. The summed E-state index contributed by atoms with van der Waals surface area (Å²) in [7, 11) is 1.57. The molecule has 0 aliphatic rings. The third-order valence-electron chi connectivity index (χ3n) is 1.71. The van der Waals surface area contributed by atoms with E-state index in [-0.39, 0.29) is 5.91 Å². The van der Waals surface area contributed by atoms with Crippen LogP contribution in [-0.4, -0.2) is 19.6 Å². The van der Waals surface area contributed by atoms with E-state index in [1.807, 2.05) is 13.0 Å². The number of methoxy groups -OCH3 is 1. The van der Waals surface area contributed by atoms with Crippen molar-refractivity contribution in [2.75, 3.05) is 13.7 Å². The topological polar surface area (TPSA) is 38.3 Å². The third-order valence-corrected chi connectivity index (χ3v) is 2.16. The van der Waals surface area contributed by atoms with Gasteiger partial charge in [0, 0.05) is 16.6 Å². The van der Waals surface area contributed by atoms with E-state index in [9.17, 15) is 4.79 Å². The van der Waals surface area contributed by atoms with Crippen LogP contribution in [0.25, 0.3) is 0 Å². The zero-order valence-corrected chi connectivity index (χ0v) is 9.72. The Balaban J connectivity index is 2.96. The number of amides is 1. The van der Waals surface area contributed by atoms with Crippen LogP contribution in [-0.2, 0) is 0 Å². The summed E-state index contributed by atoms with van der Waals surface area (Å²) in [5.41, 5.74) is 0.595. The van der Waals surface area contributed by atoms with Crippen LogP contribution in [0.5, 0.6) is 5.75 Å². The Morgan fingerprint density at radius 2 is 2.21 bits per heavy atom. The molecule has 1 amide bonds. The van der Waals surface area contributed by atoms with Crippen LogP contribution < -0.4 is 10.1 Å². The molecular weight excluding hydrogens is 246 g/mol. The molecule has 0 aromatic heterocycles. The van der Waals surface area contributed by atoms with Gasteiger partial charge in [-0.25, -0.2) is 0 Å². The molecule has 1 rings (SSSR count). The van der Waals surface area contributed by atoms with Crippen LogP contribution >= 0.6 is 15.9 Å². The van der Waals surface area contributed by atoms with Gasteiger partial charge in [-0.3, -0.25) is 4.79 Å². The van der Waals surface area contributed by atoms with E-state index in [1.165, 1.54) is 0 Å². The van der Waals surface area contributed by atoms with Gasteiger partial charge in [0.15, 0.2) is 0 Å². The van der Waals surface area contributed by atoms with E-state index in [1.54, 1.807) is 19.2 Å². The van der Waals surface area contributed by atoms with Gasteiger partial charge in [0.2, 0.25) is 0 Å². The maximum atomic E-state index is 11.5. The molecule has 4 heteroatoms. The Hall–Kier alpha value is -1.03. The molecule has 0 saturated heterocycles. The van der Waals surface area contributed by atoms with Crippen LogP contribution in [0.2, 0.25) is 0 Å². The minimum Gasteiger partial charge on any atom is -0.497 e. The summed E-state index contributed by atoms with van der Waals surface area (Å²) in [5.74, 6) is 0.577. The number of nitrogens with one attached hydrogen (secondary N) is 1. The average Bonchev–Trinajstić information content (AvgIpc) is 2.17. The third kappa shape index (κ3) is 2.73. The van der Waals surface area contributed by atoms with Crippen molar-refractivity contribution in [2.24, 2.45) is 0 Å². The standard InChI is InChI=1S/C10H12BrNO2/c1-3-12-10(13)7-4-8(11)6-9(5-7)14-2/h4-6H,3H2,1-2H3,(H,12,13). The fraction of sp³-hybridized carbons (Fsp3) is 0.300. The van der Waals surface area contributed by atoms with E-state index in [0.29, 0.717) is 17.9 Å². The van der Waals surface area contributed by atoms with Gasteiger partial charge in [-0.05, 0) is 25.1 Å². The molecule has 0 radical (unpaired) electrons. The Morgan fingerprint density at radius 1 is 1.50 bits per heavy atom. The number of carbonyl (C=O) groups excluding carboxylic acids is 1. The molecule has 1 N–H and O–H groups in total. The maximum Gasteiger partial charge on any atom is 0.251 e. The first-order valence-corrected chi connectivity index (χ1v) is 5.09. The van der Waals surface area contributed by atoms with Crippen molar-refractivity contribution in [1.82, 2.24) is 5.32 Å². The largest absolute Gasteiger partial charge is 0.497 e. The summed E-state index contributed by atoms with van der Waals surface area (Å²) in [4.78, 5) is 11.5. The quantitative estimate of drug-likeness (QED) is 0.902. The van der Waals surface area contributed by atoms with Gasteiger partial charge >= 0.3 is 0 Å². The summed E-state index contributed by atoms with van der Waals surface area (Å²) < 4.78 is 5.89. The van der Waals surface area contributed by atoms with Crippen molar-refractivity contribution in [3.8, 4) is 5.75 Å². The lowest BCUT2D eigenvalue weighted by Crippen LogP contribution is -2.22. The Kier molecular flexibility index (Phi) is 3.95. The van der Waals surface area contributed by atoms with Gasteiger partial charge < -0.3 is 10.1 Å². The highest BCUT2D eigenvalue weighted by molar-refractivity contribution is 9.10. The normalized spacial score (nSPS) is 9.64. The molecular formula is C10H12BrNO2. The molecule has 0 aliphatic heterocycles. The second kappa shape index (κ2) is 5.00. The smallest absolute Gasteiger partial charge is 0.251 e. The van der Waals surface area contributed by atoms with Crippen molar-refractivity contribution < 1.29 is 9.53 Å². The van der Waals surface area contributed by atoms with Crippen LogP contribution in [0.15, 0.2) is 22.7 Å². The van der Waals surface area contributed by atoms with Crippen molar-refractivity contribution in [3.63, 3.8) is 0 Å². The number of carbonyl (C=O) groups is 1. The summed E-state index contributed by atoms with van der Waals surface area (Å²) >= 11 is 3.31. The fourth-order valence-electron chi connectivity index (χ4n) is 1.07. The highest BCUT2D eigenvalue weighted by atomic mass is 79.9. The zero-order valence-electron chi connectivity index (χ0n) is 8.13. The minimum atomic E-state index is -0.0906. The van der Waals surface area contributed by atoms with Crippen molar-refractivity contribution in [2.45, 2.75) is 6.92 Å². The fourth-order valence-corrected chi connectivity index (χ4v) is 1.55. The van der Waals surface area contributed by atoms with Gasteiger partial charge in [0.05, 0.1) is 7.11 Å². The summed E-state index contributed by atoms with van der Waals surface area (Å²) in [5, 5.41) is 2.73. The molecule has 0 saturated carbocycles. The monoisotopic (exact) mass is 257 g/mol. The van der Waals surface area contributed by atoms with E-state index in [4.69, 9.17) is 4.74 Å². The van der Waals surface area contributed by atoms with Crippen LogP contribution in [0.3, 0.4) is 0 Å². The molecule has 14 heavy (non-hydrogen) atoms. The first-order valence-electron chi connectivity index (χ1n) is 4.30. The predicted octanol–water partition coefficient (Wildman–Crippen LogP) is 2.21. The minimum absolute atomic E-state index is 0.0906. The van der Waals surface area contributed by atoms with E-state index in [0.717, 1.165) is 4.47 Å². The molecule has 1 aromatic rings. The highest BCUT2D eigenvalue weighted by Gasteiger charge is 2.06. The molecule has 0 bridgehead atoms. The molecule has 3 nitrogen and oxygen atoms in total. The lowest BCUT2D eigenvalue weighted by molar-refractivity contribution is 0.0955. The first-order chi connectivity index (χ1) is 6.67. The molecule has 0 unspecified atom stereocenters. The van der Waals surface area contributed by atoms with Gasteiger partial charge in [-0.15, -0.1) is 0 Å². The van der Waals surface area contributed by atoms with Crippen molar-refractivity contribution in [3.05, 3.63) is 28.2 Å². The van der Waals surface area contributed by atoms with E-state index < -0.39 is 0 Å². The van der Waals surface area contributed by atoms with Crippen LogP contribution in [0, 0.1) is 0 Å².